The average Bonchev–Trinajstić information content (AvgIpc) is 2.63. The van der Waals surface area contributed by atoms with Gasteiger partial charge in [0.25, 0.3) is 5.69 Å². The summed E-state index contributed by atoms with van der Waals surface area (Å²) >= 11 is 0. The van der Waals surface area contributed by atoms with Crippen molar-refractivity contribution in [2.24, 2.45) is 0 Å². The number of nitrogens with zero attached hydrogens (tertiary/aromatic N) is 2. The van der Waals surface area contributed by atoms with Crippen LogP contribution in [0.3, 0.4) is 0 Å². The Morgan fingerprint density at radius 2 is 2.11 bits per heavy atom. The van der Waals surface area contributed by atoms with Crippen molar-refractivity contribution >= 4 is 23.7 Å². The normalized spacial score (nSPS) is 16.7. The molecule has 144 valence electrons. The highest BCUT2D eigenvalue weighted by Gasteiger charge is 2.36. The number of nitro benzene ring substituents is 1. The van der Waals surface area contributed by atoms with Crippen molar-refractivity contribution in [3.63, 3.8) is 0 Å². The molecule has 0 fully saturated rings. The number of carboxylic acids is 1. The van der Waals surface area contributed by atoms with Crippen LogP contribution >= 0.6 is 0 Å². The number of esters is 1. The number of urea groups is 1. The number of benzene rings is 1. The van der Waals surface area contributed by atoms with E-state index in [1.54, 1.807) is 13.0 Å². The first-order valence-corrected chi connectivity index (χ1v) is 8.09. The number of non-ortho nitro benzene ring substituents is 1. The molecule has 0 aromatic heterocycles. The molecule has 1 aromatic rings. The van der Waals surface area contributed by atoms with E-state index in [1.807, 2.05) is 0 Å². The third-order valence-corrected chi connectivity index (χ3v) is 4.19. The molecule has 1 aromatic carbocycles. The van der Waals surface area contributed by atoms with Gasteiger partial charge in [-0.1, -0.05) is 12.1 Å². The second kappa shape index (κ2) is 8.30. The quantitative estimate of drug-likeness (QED) is 0.421. The minimum absolute atomic E-state index is 0.103. The summed E-state index contributed by atoms with van der Waals surface area (Å²) in [6.07, 6.45) is 0.0783. The molecular formula is C17H19N3O7. The standard InChI is InChI=1S/C17H19N3O7/c1-10-14(16(23)27-2)15(11-5-3-6-12(9-11)20(25)26)18-17(24)19(10)8-4-7-13(21)22/h3,5-6,9,15H,4,7-8H2,1-2H3,(H,18,24)(H,21,22). The number of nitro groups is 1. The Hall–Kier alpha value is -3.43. The lowest BCUT2D eigenvalue weighted by atomic mass is 9.94. The molecule has 0 saturated carbocycles. The fourth-order valence-electron chi connectivity index (χ4n) is 2.88. The first kappa shape index (κ1) is 19.9. The molecule has 2 amide bonds. The molecule has 0 aliphatic carbocycles. The lowest BCUT2D eigenvalue weighted by molar-refractivity contribution is -0.384. The molecule has 0 spiro atoms. The minimum Gasteiger partial charge on any atom is -0.481 e. The maximum absolute atomic E-state index is 12.5. The van der Waals surface area contributed by atoms with Crippen LogP contribution < -0.4 is 5.32 Å². The molecule has 2 N–H and O–H groups in total. The Morgan fingerprint density at radius 3 is 2.70 bits per heavy atom. The fourth-order valence-corrected chi connectivity index (χ4v) is 2.88. The molecule has 1 atom stereocenters. The number of allylic oxidation sites excluding steroid dienone is 1. The van der Waals surface area contributed by atoms with Gasteiger partial charge in [-0.15, -0.1) is 0 Å². The summed E-state index contributed by atoms with van der Waals surface area (Å²) in [5.41, 5.74) is 0.635. The van der Waals surface area contributed by atoms with E-state index in [2.05, 4.69) is 5.32 Å². The fraction of sp³-hybridized carbons (Fsp3) is 0.353. The molecule has 0 saturated heterocycles. The maximum atomic E-state index is 12.5. The summed E-state index contributed by atoms with van der Waals surface area (Å²) < 4.78 is 4.81. The van der Waals surface area contributed by atoms with Gasteiger partial charge in [0.1, 0.15) is 0 Å². The van der Waals surface area contributed by atoms with Crippen molar-refractivity contribution in [2.75, 3.05) is 13.7 Å². The number of methoxy groups -OCH3 is 1. The van der Waals surface area contributed by atoms with Gasteiger partial charge in [0.2, 0.25) is 0 Å². The summed E-state index contributed by atoms with van der Waals surface area (Å²) in [5.74, 6) is -1.68. The molecule has 1 aliphatic rings. The van der Waals surface area contributed by atoms with Crippen molar-refractivity contribution in [1.82, 2.24) is 10.2 Å². The molecule has 1 aliphatic heterocycles. The van der Waals surface area contributed by atoms with Crippen molar-refractivity contribution in [2.45, 2.75) is 25.8 Å². The zero-order valence-electron chi connectivity index (χ0n) is 14.8. The summed E-state index contributed by atoms with van der Waals surface area (Å²) in [7, 11) is 1.19. The van der Waals surface area contributed by atoms with Gasteiger partial charge in [0.05, 0.1) is 23.6 Å². The molecule has 1 unspecified atom stereocenters. The second-order valence-corrected chi connectivity index (χ2v) is 5.87. The predicted octanol–water partition coefficient (Wildman–Crippen LogP) is 1.97. The van der Waals surface area contributed by atoms with Crippen LogP contribution in [0.4, 0.5) is 10.5 Å². The molecule has 10 heteroatoms. The van der Waals surface area contributed by atoms with Crippen LogP contribution in [-0.4, -0.2) is 46.6 Å². The van der Waals surface area contributed by atoms with E-state index >= 15 is 0 Å². The summed E-state index contributed by atoms with van der Waals surface area (Å²) in [6, 6.07) is 4.17. The molecule has 2 rings (SSSR count). The van der Waals surface area contributed by atoms with Crippen LogP contribution in [0.15, 0.2) is 35.5 Å². The van der Waals surface area contributed by atoms with Crippen LogP contribution in [0.2, 0.25) is 0 Å². The first-order valence-electron chi connectivity index (χ1n) is 8.09. The summed E-state index contributed by atoms with van der Waals surface area (Å²) in [4.78, 5) is 47.2. The van der Waals surface area contributed by atoms with Gasteiger partial charge < -0.3 is 15.2 Å². The molecular weight excluding hydrogens is 358 g/mol. The van der Waals surface area contributed by atoms with Crippen LogP contribution in [0.1, 0.15) is 31.4 Å². The zero-order chi connectivity index (χ0) is 20.1. The molecule has 1 heterocycles. The monoisotopic (exact) mass is 377 g/mol. The van der Waals surface area contributed by atoms with Crippen molar-refractivity contribution < 1.29 is 29.2 Å². The number of hydrogen-bond donors (Lipinski definition) is 2. The number of nitrogens with one attached hydrogen (secondary N) is 1. The number of carbonyl (C=O) groups excluding carboxylic acids is 2. The maximum Gasteiger partial charge on any atom is 0.337 e. The molecule has 27 heavy (non-hydrogen) atoms. The summed E-state index contributed by atoms with van der Waals surface area (Å²) in [6.45, 7) is 1.65. The number of carbonyl (C=O) groups is 3. The van der Waals surface area contributed by atoms with E-state index in [0.29, 0.717) is 11.3 Å². The van der Waals surface area contributed by atoms with Gasteiger partial charge in [0, 0.05) is 30.8 Å². The lowest BCUT2D eigenvalue weighted by Crippen LogP contribution is -2.48. The van der Waals surface area contributed by atoms with Gasteiger partial charge in [-0.05, 0) is 18.9 Å². The van der Waals surface area contributed by atoms with E-state index in [-0.39, 0.29) is 30.6 Å². The Balaban J connectivity index is 2.43. The number of amides is 2. The first-order chi connectivity index (χ1) is 12.8. The topological polar surface area (TPSA) is 139 Å². The van der Waals surface area contributed by atoms with Gasteiger partial charge in [-0.25, -0.2) is 9.59 Å². The van der Waals surface area contributed by atoms with E-state index in [0.717, 1.165) is 0 Å². The average molecular weight is 377 g/mol. The molecule has 10 nitrogen and oxygen atoms in total. The lowest BCUT2D eigenvalue weighted by Gasteiger charge is -2.35. The third-order valence-electron chi connectivity index (χ3n) is 4.19. The minimum atomic E-state index is -0.989. The highest BCUT2D eigenvalue weighted by atomic mass is 16.6. The van der Waals surface area contributed by atoms with Crippen LogP contribution in [0.5, 0.6) is 0 Å². The molecule has 0 radical (unpaired) electrons. The Morgan fingerprint density at radius 1 is 1.41 bits per heavy atom. The largest absolute Gasteiger partial charge is 0.481 e. The highest BCUT2D eigenvalue weighted by molar-refractivity contribution is 5.95. The summed E-state index contributed by atoms with van der Waals surface area (Å²) in [5, 5.41) is 22.4. The Bertz CT molecular complexity index is 818. The predicted molar refractivity (Wildman–Crippen MR) is 92.7 cm³/mol. The molecule has 0 bridgehead atoms. The van der Waals surface area contributed by atoms with Crippen LogP contribution in [0, 0.1) is 10.1 Å². The SMILES string of the molecule is COC(=O)C1=C(C)N(CCCC(=O)O)C(=O)NC1c1cccc([N+](=O)[O-])c1. The van der Waals surface area contributed by atoms with E-state index in [4.69, 9.17) is 9.84 Å². The van der Waals surface area contributed by atoms with Crippen LogP contribution in [0.25, 0.3) is 0 Å². The smallest absolute Gasteiger partial charge is 0.337 e. The number of ether oxygens (including phenoxy) is 1. The Labute approximate surface area is 154 Å². The zero-order valence-corrected chi connectivity index (χ0v) is 14.8. The van der Waals surface area contributed by atoms with Crippen molar-refractivity contribution in [3.8, 4) is 0 Å². The van der Waals surface area contributed by atoms with Crippen LogP contribution in [-0.2, 0) is 14.3 Å². The van der Waals surface area contributed by atoms with Gasteiger partial charge in [0.15, 0.2) is 0 Å². The second-order valence-electron chi connectivity index (χ2n) is 5.87. The van der Waals surface area contributed by atoms with Gasteiger partial charge in [-0.3, -0.25) is 19.8 Å². The van der Waals surface area contributed by atoms with Crippen molar-refractivity contribution in [3.05, 3.63) is 51.2 Å². The number of aliphatic carboxylic acids is 1. The Kier molecular flexibility index (Phi) is 6.11. The number of hydrogen-bond acceptors (Lipinski definition) is 6. The number of rotatable bonds is 7. The number of carboxylic acid groups (broad SMARTS) is 1. The third kappa shape index (κ3) is 4.40. The van der Waals surface area contributed by atoms with E-state index < -0.39 is 28.9 Å². The van der Waals surface area contributed by atoms with Crippen molar-refractivity contribution in [1.29, 1.82) is 0 Å². The van der Waals surface area contributed by atoms with E-state index in [1.165, 1.54) is 30.2 Å². The van der Waals surface area contributed by atoms with Gasteiger partial charge >= 0.3 is 18.0 Å². The van der Waals surface area contributed by atoms with E-state index in [9.17, 15) is 24.5 Å². The highest BCUT2D eigenvalue weighted by Crippen LogP contribution is 2.32. The van der Waals surface area contributed by atoms with Gasteiger partial charge in [-0.2, -0.15) is 0 Å².